The Labute approximate surface area is 107 Å². The number of rotatable bonds is 3. The molecule has 0 N–H and O–H groups in total. The van der Waals surface area contributed by atoms with Crippen molar-refractivity contribution in [2.45, 2.75) is 13.5 Å². The van der Waals surface area contributed by atoms with Crippen LogP contribution in [0.15, 0.2) is 42.5 Å². The van der Waals surface area contributed by atoms with Crippen molar-refractivity contribution in [3.05, 3.63) is 59.2 Å². The Kier molecular flexibility index (Phi) is 3.76. The molecule has 0 aliphatic heterocycles. The van der Waals surface area contributed by atoms with Crippen molar-refractivity contribution in [3.63, 3.8) is 0 Å². The Morgan fingerprint density at radius 3 is 2.61 bits per heavy atom. The van der Waals surface area contributed by atoms with Gasteiger partial charge in [0, 0.05) is 7.11 Å². The van der Waals surface area contributed by atoms with Crippen LogP contribution in [0.5, 0.6) is 0 Å². The molecule has 2 heteroatoms. The van der Waals surface area contributed by atoms with E-state index in [-0.39, 0.29) is 0 Å². The van der Waals surface area contributed by atoms with Gasteiger partial charge in [0.1, 0.15) is 6.07 Å². The van der Waals surface area contributed by atoms with E-state index in [0.717, 1.165) is 16.7 Å². The van der Waals surface area contributed by atoms with Gasteiger partial charge in [0.2, 0.25) is 0 Å². The summed E-state index contributed by atoms with van der Waals surface area (Å²) >= 11 is 0. The molecule has 0 aliphatic carbocycles. The number of benzene rings is 2. The first-order valence-corrected chi connectivity index (χ1v) is 5.84. The molecule has 0 atom stereocenters. The van der Waals surface area contributed by atoms with Gasteiger partial charge in [-0.15, -0.1) is 0 Å². The zero-order chi connectivity index (χ0) is 13.0. The summed E-state index contributed by atoms with van der Waals surface area (Å²) < 4.78 is 5.13. The molecule has 0 amide bonds. The molecule has 0 aromatic heterocycles. The summed E-state index contributed by atoms with van der Waals surface area (Å²) in [7, 11) is 1.64. The molecule has 0 spiro atoms. The minimum Gasteiger partial charge on any atom is -0.380 e. The third-order valence-electron chi connectivity index (χ3n) is 2.89. The van der Waals surface area contributed by atoms with E-state index in [1.807, 2.05) is 30.3 Å². The molecule has 2 rings (SSSR count). The van der Waals surface area contributed by atoms with E-state index in [1.165, 1.54) is 5.56 Å². The first-order chi connectivity index (χ1) is 8.76. The monoisotopic (exact) mass is 237 g/mol. The van der Waals surface area contributed by atoms with Crippen molar-refractivity contribution in [2.24, 2.45) is 0 Å². The van der Waals surface area contributed by atoms with Gasteiger partial charge in [-0.1, -0.05) is 48.0 Å². The summed E-state index contributed by atoms with van der Waals surface area (Å²) in [6, 6.07) is 16.3. The van der Waals surface area contributed by atoms with Gasteiger partial charge in [-0.05, 0) is 23.6 Å². The molecular weight excluding hydrogens is 222 g/mol. The fraction of sp³-hybridized carbons (Fsp3) is 0.188. The highest BCUT2D eigenvalue weighted by atomic mass is 16.5. The van der Waals surface area contributed by atoms with Gasteiger partial charge in [0.05, 0.1) is 12.2 Å². The highest BCUT2D eigenvalue weighted by molar-refractivity contribution is 5.72. The summed E-state index contributed by atoms with van der Waals surface area (Å²) in [4.78, 5) is 0. The lowest BCUT2D eigenvalue weighted by Gasteiger charge is -2.09. The fourth-order valence-corrected chi connectivity index (χ4v) is 2.06. The predicted molar refractivity (Wildman–Crippen MR) is 72.0 cm³/mol. The van der Waals surface area contributed by atoms with Crippen LogP contribution in [-0.2, 0) is 11.3 Å². The number of hydrogen-bond acceptors (Lipinski definition) is 2. The maximum Gasteiger partial charge on any atom is 0.100 e. The molecule has 0 saturated heterocycles. The van der Waals surface area contributed by atoms with Crippen molar-refractivity contribution in [1.82, 2.24) is 0 Å². The predicted octanol–water partition coefficient (Wildman–Crippen LogP) is 3.68. The van der Waals surface area contributed by atoms with Gasteiger partial charge >= 0.3 is 0 Å². The zero-order valence-corrected chi connectivity index (χ0v) is 10.6. The van der Waals surface area contributed by atoms with Gasteiger partial charge in [-0.2, -0.15) is 5.26 Å². The molecule has 2 nitrogen and oxygen atoms in total. The standard InChI is InChI=1S/C16H15NO/c1-12-5-3-6-13(9-12)15-8-4-7-14(11-18-2)16(15)10-17/h3-9H,11H2,1-2H3. The van der Waals surface area contributed by atoms with Crippen LogP contribution in [0.4, 0.5) is 0 Å². The van der Waals surface area contributed by atoms with E-state index in [4.69, 9.17) is 4.74 Å². The molecule has 0 unspecified atom stereocenters. The Morgan fingerprint density at radius 2 is 1.94 bits per heavy atom. The third-order valence-corrected chi connectivity index (χ3v) is 2.89. The minimum absolute atomic E-state index is 0.461. The first-order valence-electron chi connectivity index (χ1n) is 5.84. The largest absolute Gasteiger partial charge is 0.380 e. The van der Waals surface area contributed by atoms with Gasteiger partial charge in [-0.3, -0.25) is 0 Å². The van der Waals surface area contributed by atoms with Crippen LogP contribution >= 0.6 is 0 Å². The van der Waals surface area contributed by atoms with Crippen LogP contribution in [0.2, 0.25) is 0 Å². The summed E-state index contributed by atoms with van der Waals surface area (Å²) in [5.74, 6) is 0. The van der Waals surface area contributed by atoms with E-state index < -0.39 is 0 Å². The maximum absolute atomic E-state index is 9.35. The fourth-order valence-electron chi connectivity index (χ4n) is 2.06. The number of ether oxygens (including phenoxy) is 1. The molecule has 0 heterocycles. The molecular formula is C16H15NO. The lowest BCUT2D eigenvalue weighted by atomic mass is 9.95. The average molecular weight is 237 g/mol. The topological polar surface area (TPSA) is 33.0 Å². The van der Waals surface area contributed by atoms with Crippen molar-refractivity contribution in [2.75, 3.05) is 7.11 Å². The number of hydrogen-bond donors (Lipinski definition) is 0. The maximum atomic E-state index is 9.35. The number of nitrogens with zero attached hydrogens (tertiary/aromatic N) is 1. The second-order valence-electron chi connectivity index (χ2n) is 4.25. The quantitative estimate of drug-likeness (QED) is 0.815. The lowest BCUT2D eigenvalue weighted by Crippen LogP contribution is -1.95. The van der Waals surface area contributed by atoms with E-state index in [2.05, 4.69) is 25.1 Å². The zero-order valence-electron chi connectivity index (χ0n) is 10.6. The molecule has 90 valence electrons. The summed E-state index contributed by atoms with van der Waals surface area (Å²) in [5.41, 5.74) is 4.86. The third kappa shape index (κ3) is 2.42. The Morgan fingerprint density at radius 1 is 1.17 bits per heavy atom. The van der Waals surface area contributed by atoms with Crippen molar-refractivity contribution in [1.29, 1.82) is 5.26 Å². The summed E-state index contributed by atoms with van der Waals surface area (Å²) in [6.07, 6.45) is 0. The highest BCUT2D eigenvalue weighted by Gasteiger charge is 2.09. The smallest absolute Gasteiger partial charge is 0.100 e. The molecule has 18 heavy (non-hydrogen) atoms. The normalized spacial score (nSPS) is 10.1. The second-order valence-corrected chi connectivity index (χ2v) is 4.25. The van der Waals surface area contributed by atoms with E-state index in [0.29, 0.717) is 12.2 Å². The highest BCUT2D eigenvalue weighted by Crippen LogP contribution is 2.26. The van der Waals surface area contributed by atoms with E-state index in [1.54, 1.807) is 7.11 Å². The molecule has 0 aliphatic rings. The van der Waals surface area contributed by atoms with Gasteiger partial charge < -0.3 is 4.74 Å². The lowest BCUT2D eigenvalue weighted by molar-refractivity contribution is 0.184. The average Bonchev–Trinajstić information content (AvgIpc) is 2.39. The van der Waals surface area contributed by atoms with Crippen LogP contribution in [0.25, 0.3) is 11.1 Å². The number of nitriles is 1. The van der Waals surface area contributed by atoms with Crippen molar-refractivity contribution < 1.29 is 4.74 Å². The first kappa shape index (κ1) is 12.3. The van der Waals surface area contributed by atoms with Crippen LogP contribution in [0.1, 0.15) is 16.7 Å². The van der Waals surface area contributed by atoms with Crippen LogP contribution in [0, 0.1) is 18.3 Å². The van der Waals surface area contributed by atoms with Crippen molar-refractivity contribution in [3.8, 4) is 17.2 Å². The van der Waals surface area contributed by atoms with Gasteiger partial charge in [-0.25, -0.2) is 0 Å². The molecule has 0 saturated carbocycles. The molecule has 0 bridgehead atoms. The van der Waals surface area contributed by atoms with Crippen LogP contribution < -0.4 is 0 Å². The van der Waals surface area contributed by atoms with Crippen LogP contribution in [-0.4, -0.2) is 7.11 Å². The van der Waals surface area contributed by atoms with Crippen LogP contribution in [0.3, 0.4) is 0 Å². The Balaban J connectivity index is 2.58. The summed E-state index contributed by atoms with van der Waals surface area (Å²) in [6.45, 7) is 2.51. The molecule has 0 radical (unpaired) electrons. The SMILES string of the molecule is COCc1cccc(-c2cccc(C)c2)c1C#N. The number of methoxy groups -OCH3 is 1. The van der Waals surface area contributed by atoms with Gasteiger partial charge in [0.15, 0.2) is 0 Å². The summed E-state index contributed by atoms with van der Waals surface area (Å²) in [5, 5.41) is 9.35. The second kappa shape index (κ2) is 5.48. The van der Waals surface area contributed by atoms with E-state index in [9.17, 15) is 5.26 Å². The molecule has 2 aromatic carbocycles. The van der Waals surface area contributed by atoms with E-state index >= 15 is 0 Å². The Bertz CT molecular complexity index is 596. The van der Waals surface area contributed by atoms with Crippen molar-refractivity contribution >= 4 is 0 Å². The Hall–Kier alpha value is -2.11. The van der Waals surface area contributed by atoms with Gasteiger partial charge in [0.25, 0.3) is 0 Å². The minimum atomic E-state index is 0.461. The number of aryl methyl sites for hydroxylation is 1. The molecule has 2 aromatic rings. The molecule has 0 fully saturated rings.